The molecule has 1 atom stereocenters. The molecule has 5 nitrogen and oxygen atoms in total. The molecule has 2 N–H and O–H groups in total. The summed E-state index contributed by atoms with van der Waals surface area (Å²) in [7, 11) is 0. The Morgan fingerprint density at radius 2 is 2.04 bits per heavy atom. The number of hydrogen-bond donors (Lipinski definition) is 1. The molecule has 3 rings (SSSR count). The second kappa shape index (κ2) is 6.28. The highest BCUT2D eigenvalue weighted by molar-refractivity contribution is 5.89. The van der Waals surface area contributed by atoms with Crippen LogP contribution in [-0.2, 0) is 19.7 Å². The Kier molecular flexibility index (Phi) is 4.35. The van der Waals surface area contributed by atoms with Gasteiger partial charge in [-0.05, 0) is 37.0 Å². The number of likely N-dealkylation sites (tertiary alicyclic amines) is 1. The van der Waals surface area contributed by atoms with Crippen molar-refractivity contribution in [2.24, 2.45) is 11.7 Å². The zero-order chi connectivity index (χ0) is 16.4. The van der Waals surface area contributed by atoms with Gasteiger partial charge in [0.25, 0.3) is 0 Å². The van der Waals surface area contributed by atoms with Crippen molar-refractivity contribution in [3.8, 4) is 0 Å². The summed E-state index contributed by atoms with van der Waals surface area (Å²) >= 11 is 0. The first-order chi connectivity index (χ1) is 11.0. The van der Waals surface area contributed by atoms with Crippen molar-refractivity contribution in [2.75, 3.05) is 26.3 Å². The summed E-state index contributed by atoms with van der Waals surface area (Å²) < 4.78 is 19.1. The van der Waals surface area contributed by atoms with Crippen LogP contribution in [0.4, 0.5) is 4.39 Å². The summed E-state index contributed by atoms with van der Waals surface area (Å²) in [6, 6.07) is 6.24. The summed E-state index contributed by atoms with van der Waals surface area (Å²) in [5.41, 5.74) is 5.27. The van der Waals surface area contributed by atoms with Crippen LogP contribution in [0.2, 0.25) is 0 Å². The lowest BCUT2D eigenvalue weighted by atomic mass is 9.73. The summed E-state index contributed by atoms with van der Waals surface area (Å²) in [6.45, 7) is 1.81. The Morgan fingerprint density at radius 3 is 2.65 bits per heavy atom. The van der Waals surface area contributed by atoms with Crippen molar-refractivity contribution < 1.29 is 18.7 Å². The van der Waals surface area contributed by atoms with E-state index in [9.17, 15) is 14.0 Å². The third kappa shape index (κ3) is 2.95. The molecule has 124 valence electrons. The molecule has 2 fully saturated rings. The van der Waals surface area contributed by atoms with Gasteiger partial charge in [0.2, 0.25) is 11.8 Å². The van der Waals surface area contributed by atoms with Gasteiger partial charge in [0.05, 0.1) is 11.3 Å². The number of amides is 2. The molecular weight excluding hydrogens is 299 g/mol. The minimum Gasteiger partial charge on any atom is -0.381 e. The zero-order valence-corrected chi connectivity index (χ0v) is 13.0. The van der Waals surface area contributed by atoms with Gasteiger partial charge >= 0.3 is 0 Å². The zero-order valence-electron chi connectivity index (χ0n) is 13.0. The fraction of sp³-hybridized carbons (Fsp3) is 0.529. The van der Waals surface area contributed by atoms with Crippen molar-refractivity contribution in [3.05, 3.63) is 35.6 Å². The third-order valence-electron chi connectivity index (χ3n) is 5.01. The largest absolute Gasteiger partial charge is 0.381 e. The molecule has 0 bridgehead atoms. The number of ether oxygens (including phenoxy) is 1. The maximum Gasteiger partial charge on any atom is 0.233 e. The number of hydrogen-bond acceptors (Lipinski definition) is 3. The normalized spacial score (nSPS) is 23.7. The van der Waals surface area contributed by atoms with Crippen molar-refractivity contribution in [1.82, 2.24) is 4.90 Å². The number of carbonyl (C=O) groups excluding carboxylic acids is 2. The third-order valence-corrected chi connectivity index (χ3v) is 5.01. The SMILES string of the molecule is NC(=O)C1CCN(C(=O)C2(c3cccc(F)c3)CCOCC2)C1. The Bertz CT molecular complexity index is 614. The van der Waals surface area contributed by atoms with E-state index in [4.69, 9.17) is 10.5 Å². The molecule has 23 heavy (non-hydrogen) atoms. The molecule has 0 aliphatic carbocycles. The maximum absolute atomic E-state index is 13.7. The molecule has 0 aromatic heterocycles. The molecule has 2 aliphatic rings. The van der Waals surface area contributed by atoms with Gasteiger partial charge in [-0.25, -0.2) is 4.39 Å². The molecule has 0 radical (unpaired) electrons. The van der Waals surface area contributed by atoms with E-state index >= 15 is 0 Å². The standard InChI is InChI=1S/C17H21FN2O3/c18-14-3-1-2-13(10-14)17(5-8-23-9-6-17)16(22)20-7-4-12(11-20)15(19)21/h1-3,10,12H,4-9,11H2,(H2,19,21). The second-order valence-electron chi connectivity index (χ2n) is 6.34. The smallest absolute Gasteiger partial charge is 0.233 e. The van der Waals surface area contributed by atoms with Gasteiger partial charge in [-0.2, -0.15) is 0 Å². The van der Waals surface area contributed by atoms with Crippen molar-refractivity contribution >= 4 is 11.8 Å². The first kappa shape index (κ1) is 15.9. The van der Waals surface area contributed by atoms with Gasteiger partial charge in [0.15, 0.2) is 0 Å². The van der Waals surface area contributed by atoms with E-state index in [0.717, 1.165) is 0 Å². The van der Waals surface area contributed by atoms with E-state index in [1.807, 2.05) is 0 Å². The molecule has 0 saturated carbocycles. The Hall–Kier alpha value is -1.95. The second-order valence-corrected chi connectivity index (χ2v) is 6.34. The van der Waals surface area contributed by atoms with Crippen LogP contribution in [0.25, 0.3) is 0 Å². The van der Waals surface area contributed by atoms with Crippen molar-refractivity contribution in [1.29, 1.82) is 0 Å². The highest BCUT2D eigenvalue weighted by Crippen LogP contribution is 2.38. The highest BCUT2D eigenvalue weighted by atomic mass is 19.1. The van der Waals surface area contributed by atoms with E-state index in [-0.39, 0.29) is 23.5 Å². The molecule has 2 heterocycles. The number of nitrogens with two attached hydrogens (primary N) is 1. The molecule has 1 aromatic rings. The Balaban J connectivity index is 1.90. The van der Waals surface area contributed by atoms with Gasteiger partial charge in [0, 0.05) is 26.3 Å². The van der Waals surface area contributed by atoms with Crippen LogP contribution in [-0.4, -0.2) is 43.0 Å². The highest BCUT2D eigenvalue weighted by Gasteiger charge is 2.46. The van der Waals surface area contributed by atoms with Gasteiger partial charge in [0.1, 0.15) is 5.82 Å². The number of halogens is 1. The molecule has 2 amide bonds. The first-order valence-corrected chi connectivity index (χ1v) is 7.95. The Morgan fingerprint density at radius 1 is 1.30 bits per heavy atom. The first-order valence-electron chi connectivity index (χ1n) is 7.95. The monoisotopic (exact) mass is 320 g/mol. The Labute approximate surface area is 134 Å². The lowest BCUT2D eigenvalue weighted by molar-refractivity contribution is -0.140. The van der Waals surface area contributed by atoms with Crippen LogP contribution in [0, 0.1) is 11.7 Å². The van der Waals surface area contributed by atoms with Crippen LogP contribution in [0.5, 0.6) is 0 Å². The van der Waals surface area contributed by atoms with Crippen molar-refractivity contribution in [3.63, 3.8) is 0 Å². The summed E-state index contributed by atoms with van der Waals surface area (Å²) in [5, 5.41) is 0. The van der Waals surface area contributed by atoms with Crippen LogP contribution in [0.15, 0.2) is 24.3 Å². The quantitative estimate of drug-likeness (QED) is 0.910. The summed E-state index contributed by atoms with van der Waals surface area (Å²) in [4.78, 5) is 26.3. The van der Waals surface area contributed by atoms with E-state index in [1.165, 1.54) is 12.1 Å². The number of nitrogens with zero attached hydrogens (tertiary/aromatic N) is 1. The van der Waals surface area contributed by atoms with Crippen LogP contribution in [0.1, 0.15) is 24.8 Å². The van der Waals surface area contributed by atoms with Crippen LogP contribution >= 0.6 is 0 Å². The molecule has 1 unspecified atom stereocenters. The predicted octanol–water partition coefficient (Wildman–Crippen LogP) is 1.21. The van der Waals surface area contributed by atoms with E-state index in [2.05, 4.69) is 0 Å². The topological polar surface area (TPSA) is 72.6 Å². The fourth-order valence-corrected chi connectivity index (χ4v) is 3.61. The van der Waals surface area contributed by atoms with E-state index in [1.54, 1.807) is 17.0 Å². The van der Waals surface area contributed by atoms with Crippen LogP contribution < -0.4 is 5.73 Å². The lowest BCUT2D eigenvalue weighted by Crippen LogP contribution is -2.49. The predicted molar refractivity (Wildman–Crippen MR) is 82.0 cm³/mol. The minimum atomic E-state index is -0.771. The van der Waals surface area contributed by atoms with E-state index in [0.29, 0.717) is 51.1 Å². The maximum atomic E-state index is 13.7. The number of rotatable bonds is 3. The molecule has 2 aliphatic heterocycles. The van der Waals surface area contributed by atoms with Crippen molar-refractivity contribution in [2.45, 2.75) is 24.7 Å². The van der Waals surface area contributed by atoms with E-state index < -0.39 is 5.41 Å². The van der Waals surface area contributed by atoms with Gasteiger partial charge in [-0.15, -0.1) is 0 Å². The summed E-state index contributed by atoms with van der Waals surface area (Å²) in [6.07, 6.45) is 1.64. The molecule has 1 aromatic carbocycles. The fourth-order valence-electron chi connectivity index (χ4n) is 3.61. The minimum absolute atomic E-state index is 0.0462. The van der Waals surface area contributed by atoms with Gasteiger partial charge in [-0.1, -0.05) is 12.1 Å². The lowest BCUT2D eigenvalue weighted by Gasteiger charge is -2.39. The average Bonchev–Trinajstić information content (AvgIpc) is 3.05. The van der Waals surface area contributed by atoms with Gasteiger partial charge < -0.3 is 15.4 Å². The van der Waals surface area contributed by atoms with Crippen LogP contribution in [0.3, 0.4) is 0 Å². The summed E-state index contributed by atoms with van der Waals surface area (Å²) in [5.74, 6) is -1.05. The molecule has 2 saturated heterocycles. The molecule has 0 spiro atoms. The number of carbonyl (C=O) groups is 2. The molecular formula is C17H21FN2O3. The molecule has 6 heteroatoms. The average molecular weight is 320 g/mol. The van der Waals surface area contributed by atoms with Gasteiger partial charge in [-0.3, -0.25) is 9.59 Å². The number of benzene rings is 1. The number of primary amides is 1.